The first-order valence-electron chi connectivity index (χ1n) is 5.40. The molecule has 18 heavy (non-hydrogen) atoms. The Balaban J connectivity index is 2.97. The third-order valence-corrected chi connectivity index (χ3v) is 3.39. The molecule has 98 valence electrons. The highest BCUT2D eigenvalue weighted by atomic mass is 79.9. The molecule has 0 aliphatic heterocycles. The van der Waals surface area contributed by atoms with Gasteiger partial charge in [0, 0.05) is 22.3 Å². The molecule has 1 aromatic carbocycles. The van der Waals surface area contributed by atoms with E-state index in [1.165, 1.54) is 7.11 Å². The Morgan fingerprint density at radius 2 is 2.22 bits per heavy atom. The summed E-state index contributed by atoms with van der Waals surface area (Å²) in [6.45, 7) is 2.89. The van der Waals surface area contributed by atoms with Gasteiger partial charge >= 0.3 is 5.97 Å². The first kappa shape index (κ1) is 14.9. The molecule has 0 amide bonds. The Bertz CT molecular complexity index is 465. The van der Waals surface area contributed by atoms with Gasteiger partial charge in [-0.05, 0) is 41.1 Å². The van der Waals surface area contributed by atoms with E-state index in [9.17, 15) is 4.79 Å². The largest absolute Gasteiger partial charge is 0.468 e. The summed E-state index contributed by atoms with van der Waals surface area (Å²) in [6, 6.07) is 5.61. The summed E-state index contributed by atoms with van der Waals surface area (Å²) in [5.74, 6) is -0.272. The number of hydrogen-bond donors (Lipinski definition) is 1. The van der Waals surface area contributed by atoms with Crippen LogP contribution in [0.2, 0.25) is 0 Å². The van der Waals surface area contributed by atoms with E-state index in [1.807, 2.05) is 30.0 Å². The van der Waals surface area contributed by atoms with Gasteiger partial charge in [0.1, 0.15) is 11.5 Å². The molecule has 1 aromatic rings. The van der Waals surface area contributed by atoms with Crippen LogP contribution in [-0.2, 0) is 9.53 Å². The highest BCUT2D eigenvalue weighted by molar-refractivity contribution is 9.10. The lowest BCUT2D eigenvalue weighted by Crippen LogP contribution is -2.30. The second kappa shape index (κ2) is 6.70. The summed E-state index contributed by atoms with van der Waals surface area (Å²) >= 11 is 8.35. The molecule has 0 aliphatic rings. The molecule has 0 heterocycles. The Labute approximate surface area is 120 Å². The van der Waals surface area contributed by atoms with E-state index in [1.54, 1.807) is 0 Å². The standard InChI is InChI=1S/C12H15BrN2O2S/c1-3-15(7-11(16)17-2)8-4-5-9(12(14)18)10(13)6-8/h4-6H,3,7H2,1-2H3,(H2,14,18). The van der Waals surface area contributed by atoms with Gasteiger partial charge in [-0.3, -0.25) is 4.79 Å². The van der Waals surface area contributed by atoms with Crippen molar-refractivity contribution < 1.29 is 9.53 Å². The van der Waals surface area contributed by atoms with Crippen LogP contribution >= 0.6 is 28.1 Å². The maximum atomic E-state index is 11.3. The van der Waals surface area contributed by atoms with E-state index >= 15 is 0 Å². The Morgan fingerprint density at radius 3 is 2.67 bits per heavy atom. The minimum atomic E-state index is -0.272. The van der Waals surface area contributed by atoms with Gasteiger partial charge in [0.05, 0.1) is 7.11 Å². The fraction of sp³-hybridized carbons (Fsp3) is 0.333. The predicted octanol–water partition coefficient (Wildman–Crippen LogP) is 2.08. The highest BCUT2D eigenvalue weighted by Gasteiger charge is 2.12. The molecule has 0 atom stereocenters. The van der Waals surface area contributed by atoms with Crippen LogP contribution in [0.15, 0.2) is 22.7 Å². The van der Waals surface area contributed by atoms with Crippen LogP contribution in [0.4, 0.5) is 5.69 Å². The topological polar surface area (TPSA) is 55.6 Å². The number of likely N-dealkylation sites (N-methyl/N-ethyl adjacent to an activating group) is 1. The fourth-order valence-corrected chi connectivity index (χ4v) is 2.40. The quantitative estimate of drug-likeness (QED) is 0.661. The van der Waals surface area contributed by atoms with Crippen LogP contribution < -0.4 is 10.6 Å². The lowest BCUT2D eigenvalue weighted by molar-refractivity contribution is -0.138. The zero-order chi connectivity index (χ0) is 13.7. The van der Waals surface area contributed by atoms with Crippen LogP contribution in [0.25, 0.3) is 0 Å². The fourth-order valence-electron chi connectivity index (χ4n) is 1.51. The second-order valence-corrected chi connectivity index (χ2v) is 4.91. The Hall–Kier alpha value is -1.14. The summed E-state index contributed by atoms with van der Waals surface area (Å²) in [7, 11) is 1.38. The average molecular weight is 331 g/mol. The third-order valence-electron chi connectivity index (χ3n) is 2.51. The van der Waals surface area contributed by atoms with E-state index in [0.29, 0.717) is 11.5 Å². The van der Waals surface area contributed by atoms with Gasteiger partial charge < -0.3 is 15.4 Å². The van der Waals surface area contributed by atoms with Crippen molar-refractivity contribution >= 4 is 44.8 Å². The molecule has 0 bridgehead atoms. The van der Waals surface area contributed by atoms with Gasteiger partial charge in [0.25, 0.3) is 0 Å². The number of benzene rings is 1. The molecule has 0 saturated carbocycles. The smallest absolute Gasteiger partial charge is 0.325 e. The van der Waals surface area contributed by atoms with Crippen molar-refractivity contribution in [1.82, 2.24) is 0 Å². The molecule has 6 heteroatoms. The van der Waals surface area contributed by atoms with Crippen LogP contribution in [0.5, 0.6) is 0 Å². The van der Waals surface area contributed by atoms with Gasteiger partial charge in [-0.2, -0.15) is 0 Å². The molecule has 0 radical (unpaired) electrons. The summed E-state index contributed by atoms with van der Waals surface area (Å²) in [5.41, 5.74) is 7.28. The molecule has 0 aromatic heterocycles. The number of nitrogens with two attached hydrogens (primary N) is 1. The number of thiocarbonyl (C=S) groups is 1. The molecule has 0 fully saturated rings. The van der Waals surface area contributed by atoms with Gasteiger partial charge in [0.2, 0.25) is 0 Å². The van der Waals surface area contributed by atoms with E-state index < -0.39 is 0 Å². The molecule has 0 saturated heterocycles. The molecule has 2 N–H and O–H groups in total. The maximum absolute atomic E-state index is 11.3. The van der Waals surface area contributed by atoms with E-state index in [2.05, 4.69) is 20.7 Å². The number of hydrogen-bond acceptors (Lipinski definition) is 4. The first-order chi connectivity index (χ1) is 8.49. The minimum absolute atomic E-state index is 0.214. The Kier molecular flexibility index (Phi) is 5.55. The summed E-state index contributed by atoms with van der Waals surface area (Å²) in [4.78, 5) is 13.5. The number of carbonyl (C=O) groups is 1. The molecule has 0 unspecified atom stereocenters. The van der Waals surface area contributed by atoms with Crippen molar-refractivity contribution in [3.05, 3.63) is 28.2 Å². The number of anilines is 1. The molecular weight excluding hydrogens is 316 g/mol. The van der Waals surface area contributed by atoms with Crippen LogP contribution in [0, 0.1) is 0 Å². The second-order valence-electron chi connectivity index (χ2n) is 3.62. The molecule has 4 nitrogen and oxygen atoms in total. The van der Waals surface area contributed by atoms with Crippen molar-refractivity contribution in [2.75, 3.05) is 25.1 Å². The maximum Gasteiger partial charge on any atom is 0.325 e. The first-order valence-corrected chi connectivity index (χ1v) is 6.60. The minimum Gasteiger partial charge on any atom is -0.468 e. The van der Waals surface area contributed by atoms with Gasteiger partial charge in [-0.25, -0.2) is 0 Å². The van der Waals surface area contributed by atoms with Crippen LogP contribution in [0.1, 0.15) is 12.5 Å². The van der Waals surface area contributed by atoms with Gasteiger partial charge in [-0.1, -0.05) is 12.2 Å². The molecule has 1 rings (SSSR count). The normalized spacial score (nSPS) is 9.94. The monoisotopic (exact) mass is 330 g/mol. The predicted molar refractivity (Wildman–Crippen MR) is 79.9 cm³/mol. The number of nitrogens with zero attached hydrogens (tertiary/aromatic N) is 1. The number of ether oxygens (including phenoxy) is 1. The number of halogens is 1. The van der Waals surface area contributed by atoms with Gasteiger partial charge in [0.15, 0.2) is 0 Å². The lowest BCUT2D eigenvalue weighted by atomic mass is 10.2. The highest BCUT2D eigenvalue weighted by Crippen LogP contribution is 2.24. The zero-order valence-corrected chi connectivity index (χ0v) is 12.7. The van der Waals surface area contributed by atoms with Crippen molar-refractivity contribution in [2.45, 2.75) is 6.92 Å². The lowest BCUT2D eigenvalue weighted by Gasteiger charge is -2.22. The van der Waals surface area contributed by atoms with Crippen molar-refractivity contribution in [2.24, 2.45) is 5.73 Å². The van der Waals surface area contributed by atoms with Gasteiger partial charge in [-0.15, -0.1) is 0 Å². The van der Waals surface area contributed by atoms with E-state index in [0.717, 1.165) is 15.7 Å². The van der Waals surface area contributed by atoms with E-state index in [-0.39, 0.29) is 12.5 Å². The molecule has 0 aliphatic carbocycles. The number of methoxy groups -OCH3 is 1. The summed E-state index contributed by atoms with van der Waals surface area (Å²) < 4.78 is 5.48. The Morgan fingerprint density at radius 1 is 1.56 bits per heavy atom. The summed E-state index contributed by atoms with van der Waals surface area (Å²) in [6.07, 6.45) is 0. The average Bonchev–Trinajstić information content (AvgIpc) is 2.34. The van der Waals surface area contributed by atoms with Crippen LogP contribution in [-0.4, -0.2) is 31.2 Å². The van der Waals surface area contributed by atoms with Crippen molar-refractivity contribution in [1.29, 1.82) is 0 Å². The van der Waals surface area contributed by atoms with Crippen molar-refractivity contribution in [3.8, 4) is 0 Å². The number of carbonyl (C=O) groups excluding carboxylic acids is 1. The van der Waals surface area contributed by atoms with E-state index in [4.69, 9.17) is 18.0 Å². The molecular formula is C12H15BrN2O2S. The third kappa shape index (κ3) is 3.68. The number of esters is 1. The SMILES string of the molecule is CCN(CC(=O)OC)c1ccc(C(N)=S)c(Br)c1. The van der Waals surface area contributed by atoms with Crippen LogP contribution in [0.3, 0.4) is 0 Å². The molecule has 0 spiro atoms. The van der Waals surface area contributed by atoms with Crippen molar-refractivity contribution in [3.63, 3.8) is 0 Å². The summed E-state index contributed by atoms with van der Waals surface area (Å²) in [5, 5.41) is 0. The zero-order valence-electron chi connectivity index (χ0n) is 10.3. The number of rotatable bonds is 5.